The van der Waals surface area contributed by atoms with Crippen molar-refractivity contribution in [3.05, 3.63) is 23.4 Å². The molecule has 0 spiro atoms. The Morgan fingerprint density at radius 2 is 2.15 bits per heavy atom. The van der Waals surface area contributed by atoms with E-state index in [1.54, 1.807) is 6.20 Å². The molecule has 0 atom stereocenters. The van der Waals surface area contributed by atoms with Crippen molar-refractivity contribution >= 4 is 11.6 Å². The molecule has 2 rings (SSSR count). The van der Waals surface area contributed by atoms with Crippen molar-refractivity contribution < 1.29 is 9.53 Å². The van der Waals surface area contributed by atoms with Crippen LogP contribution in [0.15, 0.2) is 12.3 Å². The number of aryl methyl sites for hydroxylation is 1. The third kappa shape index (κ3) is 2.70. The van der Waals surface area contributed by atoms with Crippen molar-refractivity contribution in [2.24, 2.45) is 5.92 Å². The SMILES string of the molecule is CCOC1(C(=O)c2c(C)ccnc2N)CCC(C)CC1. The molecule has 0 radical (unpaired) electrons. The van der Waals surface area contributed by atoms with Gasteiger partial charge in [-0.25, -0.2) is 4.98 Å². The van der Waals surface area contributed by atoms with Crippen LogP contribution >= 0.6 is 0 Å². The lowest BCUT2D eigenvalue weighted by Gasteiger charge is -2.38. The summed E-state index contributed by atoms with van der Waals surface area (Å²) in [7, 11) is 0. The summed E-state index contributed by atoms with van der Waals surface area (Å²) in [5.74, 6) is 0.978. The van der Waals surface area contributed by atoms with E-state index in [0.717, 1.165) is 31.2 Å². The summed E-state index contributed by atoms with van der Waals surface area (Å²) in [6, 6.07) is 1.83. The number of nitrogens with two attached hydrogens (primary N) is 1. The first-order valence-corrected chi connectivity index (χ1v) is 7.40. The molecule has 1 aromatic rings. The van der Waals surface area contributed by atoms with Gasteiger partial charge in [0.25, 0.3) is 0 Å². The van der Waals surface area contributed by atoms with Gasteiger partial charge in [-0.15, -0.1) is 0 Å². The highest BCUT2D eigenvalue weighted by Crippen LogP contribution is 2.38. The van der Waals surface area contributed by atoms with E-state index in [-0.39, 0.29) is 5.78 Å². The highest BCUT2D eigenvalue weighted by Gasteiger charge is 2.43. The molecule has 0 amide bonds. The van der Waals surface area contributed by atoms with Crippen LogP contribution in [0, 0.1) is 12.8 Å². The predicted octanol–water partition coefficient (Wildman–Crippen LogP) is 3.14. The van der Waals surface area contributed by atoms with Gasteiger partial charge in [-0.2, -0.15) is 0 Å². The molecule has 1 aliphatic carbocycles. The van der Waals surface area contributed by atoms with Crippen molar-refractivity contribution in [1.29, 1.82) is 0 Å². The highest BCUT2D eigenvalue weighted by molar-refractivity contribution is 6.06. The van der Waals surface area contributed by atoms with Crippen LogP contribution in [-0.2, 0) is 4.74 Å². The molecular formula is C16H24N2O2. The number of aromatic nitrogens is 1. The molecule has 0 bridgehead atoms. The van der Waals surface area contributed by atoms with Crippen molar-refractivity contribution in [3.63, 3.8) is 0 Å². The first-order chi connectivity index (χ1) is 9.50. The Labute approximate surface area is 120 Å². The number of nitrogens with zero attached hydrogens (tertiary/aromatic N) is 1. The van der Waals surface area contributed by atoms with Gasteiger partial charge >= 0.3 is 0 Å². The summed E-state index contributed by atoms with van der Waals surface area (Å²) in [5, 5.41) is 0. The third-order valence-corrected chi connectivity index (χ3v) is 4.33. The highest BCUT2D eigenvalue weighted by atomic mass is 16.5. The lowest BCUT2D eigenvalue weighted by Crippen LogP contribution is -2.45. The van der Waals surface area contributed by atoms with Gasteiger partial charge in [0.05, 0.1) is 5.56 Å². The van der Waals surface area contributed by atoms with E-state index in [4.69, 9.17) is 10.5 Å². The smallest absolute Gasteiger partial charge is 0.198 e. The second kappa shape index (κ2) is 5.92. The molecule has 4 heteroatoms. The Morgan fingerprint density at radius 3 is 2.70 bits per heavy atom. The maximum absolute atomic E-state index is 13.0. The molecule has 2 N–H and O–H groups in total. The Hall–Kier alpha value is -1.42. The lowest BCUT2D eigenvalue weighted by molar-refractivity contribution is -0.0474. The van der Waals surface area contributed by atoms with Crippen LogP contribution in [0.25, 0.3) is 0 Å². The number of carbonyl (C=O) groups excluding carboxylic acids is 1. The fourth-order valence-corrected chi connectivity index (χ4v) is 3.04. The van der Waals surface area contributed by atoms with E-state index in [9.17, 15) is 4.79 Å². The Balaban J connectivity index is 2.37. The summed E-state index contributed by atoms with van der Waals surface area (Å²) < 4.78 is 5.91. The normalized spacial score (nSPS) is 26.4. The largest absolute Gasteiger partial charge is 0.383 e. The van der Waals surface area contributed by atoms with Gasteiger partial charge < -0.3 is 10.5 Å². The molecule has 1 heterocycles. The summed E-state index contributed by atoms with van der Waals surface area (Å²) in [5.41, 5.74) is 6.63. The molecule has 1 saturated carbocycles. The standard InChI is InChI=1S/C16H24N2O2/c1-4-20-16(8-5-11(2)6-9-16)14(19)13-12(3)7-10-18-15(13)17/h7,10-11H,4-6,8-9H2,1-3H3,(H2,17,18). The fourth-order valence-electron chi connectivity index (χ4n) is 3.04. The van der Waals surface area contributed by atoms with Gasteiger partial charge in [0.1, 0.15) is 11.4 Å². The van der Waals surface area contributed by atoms with Gasteiger partial charge in [0.2, 0.25) is 0 Å². The monoisotopic (exact) mass is 276 g/mol. The molecule has 0 saturated heterocycles. The number of hydrogen-bond acceptors (Lipinski definition) is 4. The van der Waals surface area contributed by atoms with Crippen molar-refractivity contribution in [1.82, 2.24) is 4.98 Å². The molecule has 1 aromatic heterocycles. The van der Waals surface area contributed by atoms with Crippen molar-refractivity contribution in [2.45, 2.75) is 52.1 Å². The van der Waals surface area contributed by atoms with Gasteiger partial charge in [-0.1, -0.05) is 6.92 Å². The van der Waals surface area contributed by atoms with Gasteiger partial charge in [-0.3, -0.25) is 4.79 Å². The van der Waals surface area contributed by atoms with Crippen LogP contribution in [0.5, 0.6) is 0 Å². The number of carbonyl (C=O) groups is 1. The molecule has 1 fully saturated rings. The summed E-state index contributed by atoms with van der Waals surface area (Å²) >= 11 is 0. The van der Waals surface area contributed by atoms with Crippen LogP contribution in [0.2, 0.25) is 0 Å². The number of hydrogen-bond donors (Lipinski definition) is 1. The van der Waals surface area contributed by atoms with E-state index in [1.165, 1.54) is 0 Å². The zero-order valence-corrected chi connectivity index (χ0v) is 12.6. The van der Waals surface area contributed by atoms with Crippen molar-refractivity contribution in [3.8, 4) is 0 Å². The molecular weight excluding hydrogens is 252 g/mol. The van der Waals surface area contributed by atoms with Crippen LogP contribution in [0.4, 0.5) is 5.82 Å². The van der Waals surface area contributed by atoms with Gasteiger partial charge in [0, 0.05) is 12.8 Å². The minimum atomic E-state index is -0.705. The molecule has 0 aliphatic heterocycles. The maximum Gasteiger partial charge on any atom is 0.198 e. The number of pyridine rings is 1. The minimum Gasteiger partial charge on any atom is -0.383 e. The molecule has 20 heavy (non-hydrogen) atoms. The average Bonchev–Trinajstić information content (AvgIpc) is 2.41. The van der Waals surface area contributed by atoms with Crippen LogP contribution in [0.3, 0.4) is 0 Å². The maximum atomic E-state index is 13.0. The van der Waals surface area contributed by atoms with E-state index < -0.39 is 5.60 Å². The van der Waals surface area contributed by atoms with Crippen LogP contribution in [0.1, 0.15) is 55.5 Å². The fraction of sp³-hybridized carbons (Fsp3) is 0.625. The summed E-state index contributed by atoms with van der Waals surface area (Å²) in [4.78, 5) is 17.1. The molecule has 0 unspecified atom stereocenters. The van der Waals surface area contributed by atoms with E-state index in [1.807, 2.05) is 19.9 Å². The quantitative estimate of drug-likeness (QED) is 0.858. The Bertz CT molecular complexity index is 471. The molecule has 1 aliphatic rings. The summed E-state index contributed by atoms with van der Waals surface area (Å²) in [6.45, 7) is 6.60. The topological polar surface area (TPSA) is 65.2 Å². The number of Topliss-reactive ketones (excluding diaryl/α,β-unsaturated/α-hetero) is 1. The average molecular weight is 276 g/mol. The molecule has 4 nitrogen and oxygen atoms in total. The molecule has 0 aromatic carbocycles. The number of ether oxygens (including phenoxy) is 1. The Kier molecular flexibility index (Phi) is 4.43. The summed E-state index contributed by atoms with van der Waals surface area (Å²) in [6.07, 6.45) is 5.22. The van der Waals surface area contributed by atoms with Gasteiger partial charge in [0.15, 0.2) is 5.78 Å². The predicted molar refractivity (Wildman–Crippen MR) is 79.7 cm³/mol. The van der Waals surface area contributed by atoms with E-state index in [2.05, 4.69) is 11.9 Å². The number of ketones is 1. The number of nitrogen functional groups attached to an aromatic ring is 1. The minimum absolute atomic E-state index is 0.00866. The first kappa shape index (κ1) is 15.0. The van der Waals surface area contributed by atoms with Crippen molar-refractivity contribution in [2.75, 3.05) is 12.3 Å². The van der Waals surface area contributed by atoms with E-state index in [0.29, 0.717) is 23.9 Å². The second-order valence-corrected chi connectivity index (χ2v) is 5.83. The van der Waals surface area contributed by atoms with Gasteiger partial charge in [-0.05, 0) is 57.1 Å². The Morgan fingerprint density at radius 1 is 1.50 bits per heavy atom. The third-order valence-electron chi connectivity index (χ3n) is 4.33. The van der Waals surface area contributed by atoms with Crippen LogP contribution < -0.4 is 5.73 Å². The van der Waals surface area contributed by atoms with E-state index >= 15 is 0 Å². The van der Waals surface area contributed by atoms with Crippen LogP contribution in [-0.4, -0.2) is 23.0 Å². The number of anilines is 1. The first-order valence-electron chi connectivity index (χ1n) is 7.40. The molecule has 110 valence electrons. The number of rotatable bonds is 4. The second-order valence-electron chi connectivity index (χ2n) is 5.83. The zero-order valence-electron chi connectivity index (χ0n) is 12.6. The zero-order chi connectivity index (χ0) is 14.8. The lowest BCUT2D eigenvalue weighted by atomic mass is 9.75.